The molecular weight excluding hydrogens is 280 g/mol. The molecule has 1 unspecified atom stereocenters. The summed E-state index contributed by atoms with van der Waals surface area (Å²) < 4.78 is 2.04. The SMILES string of the molecule is CN=C(NCCn1ccnc1)N1CCCC2(CNC(=O)C2)C1. The molecule has 1 spiro atoms. The third-order valence-corrected chi connectivity index (χ3v) is 4.58. The molecule has 1 amide bonds. The average molecular weight is 304 g/mol. The van der Waals surface area contributed by atoms with Crippen molar-refractivity contribution in [2.75, 3.05) is 33.2 Å². The Balaban J connectivity index is 1.55. The summed E-state index contributed by atoms with van der Waals surface area (Å²) >= 11 is 0. The van der Waals surface area contributed by atoms with E-state index in [-0.39, 0.29) is 11.3 Å². The van der Waals surface area contributed by atoms with Crippen LogP contribution in [-0.4, -0.2) is 59.5 Å². The highest BCUT2D eigenvalue weighted by molar-refractivity contribution is 5.81. The zero-order chi connectivity index (χ0) is 15.4. The van der Waals surface area contributed by atoms with Gasteiger partial charge in [0.15, 0.2) is 5.96 Å². The number of aliphatic imine (C=N–C) groups is 1. The van der Waals surface area contributed by atoms with Crippen LogP contribution in [0, 0.1) is 5.41 Å². The van der Waals surface area contributed by atoms with E-state index < -0.39 is 0 Å². The number of hydrogen-bond acceptors (Lipinski definition) is 3. The van der Waals surface area contributed by atoms with Crippen LogP contribution in [0.3, 0.4) is 0 Å². The van der Waals surface area contributed by atoms with Gasteiger partial charge in [0.25, 0.3) is 0 Å². The number of likely N-dealkylation sites (tertiary alicyclic amines) is 1. The number of guanidine groups is 1. The first-order chi connectivity index (χ1) is 10.7. The van der Waals surface area contributed by atoms with Crippen molar-refractivity contribution in [2.45, 2.75) is 25.8 Å². The lowest BCUT2D eigenvalue weighted by Crippen LogP contribution is -2.51. The van der Waals surface area contributed by atoms with Gasteiger partial charge in [0.1, 0.15) is 0 Å². The van der Waals surface area contributed by atoms with Crippen LogP contribution in [0.5, 0.6) is 0 Å². The first-order valence-corrected chi connectivity index (χ1v) is 7.89. The smallest absolute Gasteiger partial charge is 0.220 e. The van der Waals surface area contributed by atoms with Crippen LogP contribution in [0.2, 0.25) is 0 Å². The van der Waals surface area contributed by atoms with E-state index in [1.165, 1.54) is 0 Å². The molecule has 0 aliphatic carbocycles. The Morgan fingerprint density at radius 2 is 2.50 bits per heavy atom. The van der Waals surface area contributed by atoms with E-state index in [2.05, 4.69) is 25.5 Å². The van der Waals surface area contributed by atoms with E-state index in [0.717, 1.165) is 51.5 Å². The van der Waals surface area contributed by atoms with Crippen LogP contribution in [0.1, 0.15) is 19.3 Å². The van der Waals surface area contributed by atoms with Crippen molar-refractivity contribution in [1.82, 2.24) is 25.1 Å². The molecule has 3 rings (SSSR count). The zero-order valence-corrected chi connectivity index (χ0v) is 13.1. The lowest BCUT2D eigenvalue weighted by Gasteiger charge is -2.40. The molecule has 0 saturated carbocycles. The summed E-state index contributed by atoms with van der Waals surface area (Å²) in [5.41, 5.74) is 0.0945. The van der Waals surface area contributed by atoms with Gasteiger partial charge in [-0.3, -0.25) is 9.79 Å². The molecule has 7 nitrogen and oxygen atoms in total. The lowest BCUT2D eigenvalue weighted by molar-refractivity contribution is -0.119. The Labute approximate surface area is 130 Å². The molecule has 1 aromatic heterocycles. The number of imidazole rings is 1. The van der Waals surface area contributed by atoms with E-state index in [9.17, 15) is 4.79 Å². The van der Waals surface area contributed by atoms with Crippen molar-refractivity contribution in [3.63, 3.8) is 0 Å². The van der Waals surface area contributed by atoms with Crippen molar-refractivity contribution in [2.24, 2.45) is 10.4 Å². The number of piperidine rings is 1. The minimum absolute atomic E-state index is 0.0945. The Morgan fingerprint density at radius 1 is 1.59 bits per heavy atom. The number of aromatic nitrogens is 2. The second-order valence-electron chi connectivity index (χ2n) is 6.25. The minimum atomic E-state index is 0.0945. The summed E-state index contributed by atoms with van der Waals surface area (Å²) in [7, 11) is 1.82. The van der Waals surface area contributed by atoms with E-state index in [1.54, 1.807) is 6.20 Å². The number of hydrogen-bond donors (Lipinski definition) is 2. The highest BCUT2D eigenvalue weighted by Gasteiger charge is 2.42. The van der Waals surface area contributed by atoms with Gasteiger partial charge in [-0.2, -0.15) is 0 Å². The normalized spacial score (nSPS) is 25.6. The third-order valence-electron chi connectivity index (χ3n) is 4.58. The number of carbonyl (C=O) groups is 1. The molecule has 2 saturated heterocycles. The second-order valence-corrected chi connectivity index (χ2v) is 6.25. The molecule has 2 N–H and O–H groups in total. The summed E-state index contributed by atoms with van der Waals surface area (Å²) in [6.45, 7) is 4.37. The summed E-state index contributed by atoms with van der Waals surface area (Å²) in [6, 6.07) is 0. The molecular formula is C15H24N6O. The summed E-state index contributed by atoms with van der Waals surface area (Å²) in [5, 5.41) is 6.40. The lowest BCUT2D eigenvalue weighted by atomic mass is 9.79. The van der Waals surface area contributed by atoms with Crippen molar-refractivity contribution in [3.05, 3.63) is 18.7 Å². The van der Waals surface area contributed by atoms with Crippen LogP contribution in [-0.2, 0) is 11.3 Å². The Hall–Kier alpha value is -2.05. The highest BCUT2D eigenvalue weighted by Crippen LogP contribution is 2.35. The molecule has 1 atom stereocenters. The van der Waals surface area contributed by atoms with E-state index >= 15 is 0 Å². The number of nitrogens with one attached hydrogen (secondary N) is 2. The van der Waals surface area contributed by atoms with E-state index in [0.29, 0.717) is 6.42 Å². The van der Waals surface area contributed by atoms with Gasteiger partial charge in [-0.15, -0.1) is 0 Å². The van der Waals surface area contributed by atoms with Gasteiger partial charge in [-0.05, 0) is 12.8 Å². The monoisotopic (exact) mass is 304 g/mol. The predicted octanol–water partition coefficient (Wildman–Crippen LogP) is 0.0606. The molecule has 2 aliphatic rings. The standard InChI is InChI=1S/C15H24N6O/c1-16-14(18-5-8-20-7-4-17-12-20)21-6-2-3-15(11-21)9-13(22)19-10-15/h4,7,12H,2-3,5-6,8-11H2,1H3,(H,16,18)(H,19,22). The Morgan fingerprint density at radius 3 is 3.18 bits per heavy atom. The topological polar surface area (TPSA) is 74.6 Å². The maximum absolute atomic E-state index is 11.6. The fourth-order valence-corrected chi connectivity index (χ4v) is 3.48. The zero-order valence-electron chi connectivity index (χ0n) is 13.1. The first-order valence-electron chi connectivity index (χ1n) is 7.89. The second kappa shape index (κ2) is 6.37. The molecule has 1 aromatic rings. The average Bonchev–Trinajstić information content (AvgIpc) is 3.14. The molecule has 0 aromatic carbocycles. The largest absolute Gasteiger partial charge is 0.355 e. The molecule has 0 bridgehead atoms. The molecule has 2 aliphatic heterocycles. The van der Waals surface area contributed by atoms with Crippen LogP contribution in [0.15, 0.2) is 23.7 Å². The van der Waals surface area contributed by atoms with Crippen LogP contribution in [0.25, 0.3) is 0 Å². The van der Waals surface area contributed by atoms with Gasteiger partial charge in [-0.25, -0.2) is 4.98 Å². The van der Waals surface area contributed by atoms with E-state index in [1.807, 2.05) is 24.1 Å². The van der Waals surface area contributed by atoms with Crippen LogP contribution < -0.4 is 10.6 Å². The maximum atomic E-state index is 11.6. The number of amides is 1. The summed E-state index contributed by atoms with van der Waals surface area (Å²) in [5.74, 6) is 1.11. The van der Waals surface area contributed by atoms with Crippen molar-refractivity contribution >= 4 is 11.9 Å². The van der Waals surface area contributed by atoms with Gasteiger partial charge in [0, 0.05) is 64.0 Å². The van der Waals surface area contributed by atoms with Crippen LogP contribution >= 0.6 is 0 Å². The Bertz CT molecular complexity index is 540. The molecule has 22 heavy (non-hydrogen) atoms. The van der Waals surface area contributed by atoms with Crippen LogP contribution in [0.4, 0.5) is 0 Å². The van der Waals surface area contributed by atoms with Gasteiger partial charge in [0.2, 0.25) is 5.91 Å². The predicted molar refractivity (Wildman–Crippen MR) is 84.5 cm³/mol. The van der Waals surface area contributed by atoms with Crippen molar-refractivity contribution < 1.29 is 4.79 Å². The summed E-state index contributed by atoms with van der Waals surface area (Å²) in [6.07, 6.45) is 8.43. The van der Waals surface area contributed by atoms with Gasteiger partial charge in [0.05, 0.1) is 6.33 Å². The number of rotatable bonds is 3. The van der Waals surface area contributed by atoms with E-state index in [4.69, 9.17) is 0 Å². The summed E-state index contributed by atoms with van der Waals surface area (Å²) in [4.78, 5) is 22.3. The molecule has 0 radical (unpaired) electrons. The van der Waals surface area contributed by atoms with Crippen molar-refractivity contribution in [1.29, 1.82) is 0 Å². The molecule has 3 heterocycles. The number of carbonyl (C=O) groups excluding carboxylic acids is 1. The quantitative estimate of drug-likeness (QED) is 0.612. The first kappa shape index (κ1) is 14.9. The molecule has 2 fully saturated rings. The van der Waals surface area contributed by atoms with Crippen molar-refractivity contribution in [3.8, 4) is 0 Å². The van der Waals surface area contributed by atoms with Gasteiger partial charge < -0.3 is 20.1 Å². The third kappa shape index (κ3) is 3.23. The Kier molecular flexibility index (Phi) is 4.31. The molecule has 7 heteroatoms. The van der Waals surface area contributed by atoms with Gasteiger partial charge >= 0.3 is 0 Å². The highest BCUT2D eigenvalue weighted by atomic mass is 16.1. The molecule has 120 valence electrons. The minimum Gasteiger partial charge on any atom is -0.355 e. The fourth-order valence-electron chi connectivity index (χ4n) is 3.48. The fraction of sp³-hybridized carbons (Fsp3) is 0.667. The maximum Gasteiger partial charge on any atom is 0.220 e. The number of nitrogens with zero attached hydrogens (tertiary/aromatic N) is 4. The van der Waals surface area contributed by atoms with Gasteiger partial charge in [-0.1, -0.05) is 0 Å².